The molecule has 0 unspecified atom stereocenters. The van der Waals surface area contributed by atoms with Gasteiger partial charge in [-0.1, -0.05) is 30.3 Å². The highest BCUT2D eigenvalue weighted by atomic mass is 32.2. The molecule has 2 aromatic rings. The van der Waals surface area contributed by atoms with E-state index >= 15 is 0 Å². The number of carbonyl (C=O) groups excluding carboxylic acids is 2. The van der Waals surface area contributed by atoms with E-state index < -0.39 is 15.9 Å². The lowest BCUT2D eigenvalue weighted by molar-refractivity contribution is -0.128. The van der Waals surface area contributed by atoms with Gasteiger partial charge in [0.1, 0.15) is 0 Å². The van der Waals surface area contributed by atoms with Crippen molar-refractivity contribution in [2.24, 2.45) is 5.92 Å². The lowest BCUT2D eigenvalue weighted by atomic mass is 10.00. The van der Waals surface area contributed by atoms with Crippen molar-refractivity contribution in [3.63, 3.8) is 0 Å². The van der Waals surface area contributed by atoms with Crippen molar-refractivity contribution < 1.29 is 22.7 Å². The molecule has 10 heteroatoms. The molecule has 0 saturated carbocycles. The number of nitrogens with one attached hydrogen (secondary N) is 2. The van der Waals surface area contributed by atoms with E-state index in [-0.39, 0.29) is 22.3 Å². The zero-order chi connectivity index (χ0) is 24.0. The van der Waals surface area contributed by atoms with Crippen LogP contribution in [-0.2, 0) is 26.1 Å². The third-order valence-electron chi connectivity index (χ3n) is 6.23. The molecule has 0 spiro atoms. The number of piperazine rings is 1. The van der Waals surface area contributed by atoms with Gasteiger partial charge in [0, 0.05) is 57.4 Å². The van der Waals surface area contributed by atoms with Crippen molar-refractivity contribution >= 4 is 21.8 Å². The topological polar surface area (TPSA) is 108 Å². The van der Waals surface area contributed by atoms with Gasteiger partial charge in [0.15, 0.2) is 0 Å². The zero-order valence-electron chi connectivity index (χ0n) is 19.0. The summed E-state index contributed by atoms with van der Waals surface area (Å²) in [5, 5.41) is 0. The van der Waals surface area contributed by atoms with Crippen LogP contribution in [0, 0.1) is 5.92 Å². The Morgan fingerprint density at radius 2 is 1.53 bits per heavy atom. The molecule has 0 radical (unpaired) electrons. The number of hydrogen-bond acceptors (Lipinski definition) is 6. The fraction of sp³-hybridized carbons (Fsp3) is 0.417. The fourth-order valence-corrected chi connectivity index (χ4v) is 5.57. The summed E-state index contributed by atoms with van der Waals surface area (Å²) in [6.45, 7) is 3.99. The van der Waals surface area contributed by atoms with Gasteiger partial charge in [-0.05, 0) is 42.7 Å². The summed E-state index contributed by atoms with van der Waals surface area (Å²) in [4.78, 5) is 26.9. The number of rotatable bonds is 6. The Bertz CT molecular complexity index is 1080. The fourth-order valence-electron chi connectivity index (χ4n) is 4.15. The minimum atomic E-state index is -3.65. The van der Waals surface area contributed by atoms with Crippen molar-refractivity contribution in [1.82, 2.24) is 20.1 Å². The molecule has 2 N–H and O–H groups in total. The van der Waals surface area contributed by atoms with E-state index in [9.17, 15) is 18.0 Å². The smallest absolute Gasteiger partial charge is 0.269 e. The summed E-state index contributed by atoms with van der Waals surface area (Å²) in [5.41, 5.74) is 6.31. The van der Waals surface area contributed by atoms with E-state index in [4.69, 9.17) is 4.74 Å². The summed E-state index contributed by atoms with van der Waals surface area (Å²) in [5.74, 6) is -0.934. The Morgan fingerprint density at radius 1 is 0.882 bits per heavy atom. The summed E-state index contributed by atoms with van der Waals surface area (Å²) < 4.78 is 32.8. The molecular formula is C24H30N4O5S. The highest BCUT2D eigenvalue weighted by molar-refractivity contribution is 7.89. The molecule has 0 aromatic heterocycles. The van der Waals surface area contributed by atoms with Gasteiger partial charge in [-0.15, -0.1) is 0 Å². The van der Waals surface area contributed by atoms with Crippen LogP contribution in [0.1, 0.15) is 28.8 Å². The third-order valence-corrected chi connectivity index (χ3v) is 8.14. The molecular weight excluding hydrogens is 456 g/mol. The highest BCUT2D eigenvalue weighted by Gasteiger charge is 2.28. The molecule has 2 saturated heterocycles. The molecule has 2 heterocycles. The summed E-state index contributed by atoms with van der Waals surface area (Å²) in [6, 6.07) is 15.9. The summed E-state index contributed by atoms with van der Waals surface area (Å²) in [6.07, 6.45) is 1.24. The van der Waals surface area contributed by atoms with Crippen molar-refractivity contribution in [3.05, 3.63) is 65.7 Å². The van der Waals surface area contributed by atoms with Crippen LogP contribution < -0.4 is 10.9 Å². The first kappa shape index (κ1) is 24.3. The Kier molecular flexibility index (Phi) is 7.94. The number of sulfonamides is 1. The van der Waals surface area contributed by atoms with Gasteiger partial charge in [0.2, 0.25) is 15.9 Å². The van der Waals surface area contributed by atoms with Crippen molar-refractivity contribution in [1.29, 1.82) is 0 Å². The Labute approximate surface area is 200 Å². The normalized spacial score (nSPS) is 18.4. The van der Waals surface area contributed by atoms with E-state index in [2.05, 4.69) is 27.9 Å². The number of ether oxygens (including phenoxy) is 1. The minimum Gasteiger partial charge on any atom is -0.381 e. The van der Waals surface area contributed by atoms with Crippen LogP contribution in [0.2, 0.25) is 0 Å². The lowest BCUT2D eigenvalue weighted by Crippen LogP contribution is -2.48. The standard InChI is InChI=1S/C24H30N4O5S/c29-23(25-26-24(30)21-10-16-33-17-11-21)20-6-8-22(9-7-20)34(31,32)28-14-12-27(13-15-28)18-19-4-2-1-3-5-19/h1-9,21H,10-18H2,(H,25,29)(H,26,30). The second-order valence-corrected chi connectivity index (χ2v) is 10.5. The van der Waals surface area contributed by atoms with Crippen molar-refractivity contribution in [3.8, 4) is 0 Å². The molecule has 182 valence electrons. The number of nitrogens with zero attached hydrogens (tertiary/aromatic N) is 2. The SMILES string of the molecule is O=C(NNC(=O)C1CCOCC1)c1ccc(S(=O)(=O)N2CCN(Cc3ccccc3)CC2)cc1. The summed E-state index contributed by atoms with van der Waals surface area (Å²) in [7, 11) is -3.65. The number of hydrogen-bond donors (Lipinski definition) is 2. The maximum atomic E-state index is 13.1. The van der Waals surface area contributed by atoms with E-state index in [1.165, 1.54) is 34.1 Å². The van der Waals surface area contributed by atoms with Gasteiger partial charge < -0.3 is 4.74 Å². The van der Waals surface area contributed by atoms with Gasteiger partial charge in [-0.3, -0.25) is 25.3 Å². The van der Waals surface area contributed by atoms with Crippen LogP contribution in [0.5, 0.6) is 0 Å². The van der Waals surface area contributed by atoms with Crippen LogP contribution in [-0.4, -0.2) is 68.8 Å². The predicted octanol–water partition coefficient (Wildman–Crippen LogP) is 1.38. The van der Waals surface area contributed by atoms with E-state index in [0.29, 0.717) is 52.2 Å². The van der Waals surface area contributed by atoms with Crippen molar-refractivity contribution in [2.45, 2.75) is 24.3 Å². The number of benzene rings is 2. The number of amides is 2. The molecule has 2 amide bonds. The molecule has 2 fully saturated rings. The molecule has 0 aliphatic carbocycles. The number of hydrazine groups is 1. The monoisotopic (exact) mass is 486 g/mol. The molecule has 2 aromatic carbocycles. The quantitative estimate of drug-likeness (QED) is 0.598. The molecule has 4 rings (SSSR count). The molecule has 0 bridgehead atoms. The average Bonchev–Trinajstić information content (AvgIpc) is 2.88. The molecule has 0 atom stereocenters. The first-order valence-corrected chi connectivity index (χ1v) is 12.9. The Hall–Kier alpha value is -2.79. The molecule has 34 heavy (non-hydrogen) atoms. The van der Waals surface area contributed by atoms with Gasteiger partial charge in [-0.2, -0.15) is 4.31 Å². The predicted molar refractivity (Wildman–Crippen MR) is 126 cm³/mol. The second-order valence-electron chi connectivity index (χ2n) is 8.52. The minimum absolute atomic E-state index is 0.145. The van der Waals surface area contributed by atoms with Crippen molar-refractivity contribution in [2.75, 3.05) is 39.4 Å². The number of carbonyl (C=O) groups is 2. The lowest BCUT2D eigenvalue weighted by Gasteiger charge is -2.34. The van der Waals surface area contributed by atoms with Gasteiger partial charge in [0.25, 0.3) is 5.91 Å². The Morgan fingerprint density at radius 3 is 2.18 bits per heavy atom. The molecule has 2 aliphatic rings. The first-order chi connectivity index (χ1) is 16.4. The average molecular weight is 487 g/mol. The van der Waals surface area contributed by atoms with Gasteiger partial charge in [-0.25, -0.2) is 8.42 Å². The maximum Gasteiger partial charge on any atom is 0.269 e. The first-order valence-electron chi connectivity index (χ1n) is 11.5. The van der Waals surface area contributed by atoms with E-state index in [1.807, 2.05) is 18.2 Å². The maximum absolute atomic E-state index is 13.1. The van der Waals surface area contributed by atoms with Crippen LogP contribution in [0.25, 0.3) is 0 Å². The third kappa shape index (κ3) is 6.01. The van der Waals surface area contributed by atoms with Crippen LogP contribution in [0.15, 0.2) is 59.5 Å². The van der Waals surface area contributed by atoms with Crippen LogP contribution in [0.4, 0.5) is 0 Å². The largest absolute Gasteiger partial charge is 0.381 e. The van der Waals surface area contributed by atoms with Gasteiger partial charge >= 0.3 is 0 Å². The van der Waals surface area contributed by atoms with E-state index in [0.717, 1.165) is 6.54 Å². The second kappa shape index (κ2) is 11.1. The molecule has 2 aliphatic heterocycles. The Balaban J connectivity index is 1.29. The summed E-state index contributed by atoms with van der Waals surface area (Å²) >= 11 is 0. The van der Waals surface area contributed by atoms with Gasteiger partial charge in [0.05, 0.1) is 4.90 Å². The van der Waals surface area contributed by atoms with E-state index in [1.54, 1.807) is 0 Å². The van der Waals surface area contributed by atoms with Crippen LogP contribution >= 0.6 is 0 Å². The zero-order valence-corrected chi connectivity index (χ0v) is 19.8. The highest BCUT2D eigenvalue weighted by Crippen LogP contribution is 2.19. The van der Waals surface area contributed by atoms with Crippen LogP contribution in [0.3, 0.4) is 0 Å². The molecule has 9 nitrogen and oxygen atoms in total.